The maximum absolute atomic E-state index is 10.8. The van der Waals surface area contributed by atoms with E-state index in [2.05, 4.69) is 4.98 Å². The van der Waals surface area contributed by atoms with Crippen LogP contribution in [0.25, 0.3) is 0 Å². The zero-order valence-electron chi connectivity index (χ0n) is 7.30. The van der Waals surface area contributed by atoms with Crippen molar-refractivity contribution in [3.63, 3.8) is 0 Å². The first kappa shape index (κ1) is 10.9. The van der Waals surface area contributed by atoms with Gasteiger partial charge in [0.1, 0.15) is 10.6 Å². The lowest BCUT2D eigenvalue weighted by atomic mass is 10.2. The Hall–Kier alpha value is -1.18. The smallest absolute Gasteiger partial charge is 0.296 e. The molecule has 1 rings (SSSR count). The van der Waals surface area contributed by atoms with Gasteiger partial charge < -0.3 is 10.2 Å². The van der Waals surface area contributed by atoms with Crippen LogP contribution in [0.1, 0.15) is 11.3 Å². The van der Waals surface area contributed by atoms with E-state index in [1.807, 2.05) is 0 Å². The van der Waals surface area contributed by atoms with Crippen molar-refractivity contribution in [2.45, 2.75) is 18.4 Å². The molecular weight excluding hydrogens is 210 g/mol. The highest BCUT2D eigenvalue weighted by atomic mass is 32.2. The Morgan fingerprint density at radius 1 is 1.50 bits per heavy atom. The van der Waals surface area contributed by atoms with E-state index < -0.39 is 27.4 Å². The minimum atomic E-state index is -4.47. The SMILES string of the molecule is Cc1ncc(S(=O)(=O)O)c(CO)c1O. The Morgan fingerprint density at radius 3 is 2.50 bits per heavy atom. The van der Waals surface area contributed by atoms with Crippen LogP contribution in [0.5, 0.6) is 5.75 Å². The van der Waals surface area contributed by atoms with Crippen LogP contribution in [0.2, 0.25) is 0 Å². The lowest BCUT2D eigenvalue weighted by molar-refractivity contribution is 0.270. The summed E-state index contributed by atoms with van der Waals surface area (Å²) >= 11 is 0. The van der Waals surface area contributed by atoms with Crippen LogP contribution in [-0.2, 0) is 16.7 Å². The van der Waals surface area contributed by atoms with Gasteiger partial charge in [0, 0.05) is 11.8 Å². The molecule has 0 amide bonds. The molecule has 1 heterocycles. The highest BCUT2D eigenvalue weighted by Crippen LogP contribution is 2.26. The molecule has 1 aromatic rings. The van der Waals surface area contributed by atoms with E-state index in [1.165, 1.54) is 6.92 Å². The van der Waals surface area contributed by atoms with Crippen LogP contribution in [-0.4, -0.2) is 28.2 Å². The molecule has 7 heteroatoms. The number of aliphatic hydroxyl groups is 1. The number of aryl methyl sites for hydroxylation is 1. The second-order valence-corrected chi connectivity index (χ2v) is 4.06. The van der Waals surface area contributed by atoms with Crippen LogP contribution in [0.3, 0.4) is 0 Å². The largest absolute Gasteiger partial charge is 0.506 e. The summed E-state index contributed by atoms with van der Waals surface area (Å²) in [4.78, 5) is 2.97. The summed E-state index contributed by atoms with van der Waals surface area (Å²) in [6, 6.07) is 0. The molecule has 0 aliphatic heterocycles. The number of aromatic hydroxyl groups is 1. The molecule has 0 aliphatic carbocycles. The summed E-state index contributed by atoms with van der Waals surface area (Å²) < 4.78 is 30.3. The summed E-state index contributed by atoms with van der Waals surface area (Å²) in [6.07, 6.45) is 0.885. The molecule has 14 heavy (non-hydrogen) atoms. The summed E-state index contributed by atoms with van der Waals surface area (Å²) in [5.41, 5.74) is -0.0681. The third-order valence-electron chi connectivity index (χ3n) is 1.74. The van der Waals surface area contributed by atoms with Crippen molar-refractivity contribution in [3.8, 4) is 5.75 Å². The Labute approximate surface area is 80.6 Å². The maximum Gasteiger partial charge on any atom is 0.296 e. The summed E-state index contributed by atoms with van der Waals surface area (Å²) in [5, 5.41) is 18.2. The van der Waals surface area contributed by atoms with Gasteiger partial charge in [0.15, 0.2) is 0 Å². The highest BCUT2D eigenvalue weighted by Gasteiger charge is 2.19. The Morgan fingerprint density at radius 2 is 2.07 bits per heavy atom. The fourth-order valence-electron chi connectivity index (χ4n) is 1.00. The van der Waals surface area contributed by atoms with Gasteiger partial charge in [-0.2, -0.15) is 8.42 Å². The van der Waals surface area contributed by atoms with Gasteiger partial charge in [-0.05, 0) is 6.92 Å². The molecule has 0 unspecified atom stereocenters. The van der Waals surface area contributed by atoms with E-state index in [-0.39, 0.29) is 11.3 Å². The Kier molecular flexibility index (Phi) is 2.74. The van der Waals surface area contributed by atoms with Gasteiger partial charge in [-0.3, -0.25) is 9.54 Å². The summed E-state index contributed by atoms with van der Waals surface area (Å²) in [7, 11) is -4.47. The number of pyridine rings is 1. The van der Waals surface area contributed by atoms with Gasteiger partial charge in [-0.1, -0.05) is 0 Å². The van der Waals surface area contributed by atoms with Gasteiger partial charge in [-0.15, -0.1) is 0 Å². The zero-order valence-corrected chi connectivity index (χ0v) is 8.11. The number of hydrogen-bond acceptors (Lipinski definition) is 5. The van der Waals surface area contributed by atoms with E-state index in [1.54, 1.807) is 0 Å². The lowest BCUT2D eigenvalue weighted by Gasteiger charge is -2.07. The van der Waals surface area contributed by atoms with Gasteiger partial charge in [-0.25, -0.2) is 0 Å². The topological polar surface area (TPSA) is 108 Å². The first-order chi connectivity index (χ1) is 6.38. The van der Waals surface area contributed by atoms with Crippen molar-refractivity contribution >= 4 is 10.1 Å². The van der Waals surface area contributed by atoms with Gasteiger partial charge in [0.25, 0.3) is 10.1 Å². The highest BCUT2D eigenvalue weighted by molar-refractivity contribution is 7.85. The summed E-state index contributed by atoms with van der Waals surface area (Å²) in [6.45, 7) is 0.757. The molecule has 0 saturated heterocycles. The van der Waals surface area contributed by atoms with Crippen molar-refractivity contribution in [1.29, 1.82) is 0 Å². The minimum absolute atomic E-state index is 0.182. The second kappa shape index (κ2) is 3.52. The van der Waals surface area contributed by atoms with Gasteiger partial charge >= 0.3 is 0 Å². The van der Waals surface area contributed by atoms with Crippen LogP contribution in [0.15, 0.2) is 11.1 Å². The van der Waals surface area contributed by atoms with Crippen LogP contribution >= 0.6 is 0 Å². The zero-order chi connectivity index (χ0) is 10.9. The van der Waals surface area contributed by atoms with Crippen molar-refractivity contribution in [2.75, 3.05) is 0 Å². The molecule has 1 aromatic heterocycles. The Balaban J connectivity index is 3.55. The van der Waals surface area contributed by atoms with Crippen LogP contribution < -0.4 is 0 Å². The molecule has 0 atom stereocenters. The third kappa shape index (κ3) is 1.84. The molecule has 0 aromatic carbocycles. The maximum atomic E-state index is 10.8. The monoisotopic (exact) mass is 219 g/mol. The average Bonchev–Trinajstić information content (AvgIpc) is 2.07. The molecule has 3 N–H and O–H groups in total. The molecule has 0 spiro atoms. The second-order valence-electron chi connectivity index (χ2n) is 2.67. The lowest BCUT2D eigenvalue weighted by Crippen LogP contribution is -2.05. The predicted octanol–water partition coefficient (Wildman–Crippen LogP) is -0.165. The van der Waals surface area contributed by atoms with Crippen molar-refractivity contribution in [2.24, 2.45) is 0 Å². The van der Waals surface area contributed by atoms with Crippen LogP contribution in [0.4, 0.5) is 0 Å². The molecular formula is C7H9NO5S. The average molecular weight is 219 g/mol. The Bertz CT molecular complexity index is 453. The number of rotatable bonds is 2. The van der Waals surface area contributed by atoms with E-state index >= 15 is 0 Å². The molecule has 0 bridgehead atoms. The van der Waals surface area contributed by atoms with Gasteiger partial charge in [0.05, 0.1) is 12.3 Å². The molecule has 0 aliphatic rings. The molecule has 6 nitrogen and oxygen atoms in total. The molecule has 0 fully saturated rings. The predicted molar refractivity (Wildman–Crippen MR) is 46.4 cm³/mol. The molecule has 0 saturated carbocycles. The normalized spacial score (nSPS) is 11.6. The number of aliphatic hydroxyl groups excluding tert-OH is 1. The van der Waals surface area contributed by atoms with Crippen molar-refractivity contribution < 1.29 is 23.2 Å². The van der Waals surface area contributed by atoms with Crippen molar-refractivity contribution in [3.05, 3.63) is 17.5 Å². The standard InChI is InChI=1S/C7H9NO5S/c1-4-7(10)5(3-9)6(2-8-4)14(11,12)13/h2,9-10H,3H2,1H3,(H,11,12,13). The molecule has 0 radical (unpaired) electrons. The van der Waals surface area contributed by atoms with E-state index in [4.69, 9.17) is 9.66 Å². The number of hydrogen-bond donors (Lipinski definition) is 3. The number of aromatic nitrogens is 1. The first-order valence-corrected chi connectivity index (χ1v) is 5.07. The minimum Gasteiger partial charge on any atom is -0.506 e. The quantitative estimate of drug-likeness (QED) is 0.596. The van der Waals surface area contributed by atoms with E-state index in [0.29, 0.717) is 0 Å². The third-order valence-corrected chi connectivity index (χ3v) is 2.65. The van der Waals surface area contributed by atoms with Crippen LogP contribution in [0, 0.1) is 6.92 Å². The molecule has 78 valence electrons. The fraction of sp³-hybridized carbons (Fsp3) is 0.286. The summed E-state index contributed by atoms with van der Waals surface area (Å²) in [5.74, 6) is -0.428. The van der Waals surface area contributed by atoms with Crippen molar-refractivity contribution in [1.82, 2.24) is 4.98 Å². The van der Waals surface area contributed by atoms with Gasteiger partial charge in [0.2, 0.25) is 0 Å². The first-order valence-electron chi connectivity index (χ1n) is 3.63. The number of nitrogens with zero attached hydrogens (tertiary/aromatic N) is 1. The van der Waals surface area contributed by atoms with E-state index in [9.17, 15) is 13.5 Å². The fourth-order valence-corrected chi connectivity index (χ4v) is 1.66. The van der Waals surface area contributed by atoms with E-state index in [0.717, 1.165) is 6.20 Å².